The minimum Gasteiger partial charge on any atom is -0.478 e. The van der Waals surface area contributed by atoms with Crippen molar-refractivity contribution in [2.75, 3.05) is 0 Å². The minimum atomic E-state index is -0.979. The van der Waals surface area contributed by atoms with Crippen molar-refractivity contribution in [1.82, 2.24) is 9.97 Å². The first-order chi connectivity index (χ1) is 9.54. The molecule has 2 N–H and O–H groups in total. The molecule has 1 aromatic heterocycles. The lowest BCUT2D eigenvalue weighted by Gasteiger charge is -1.97. The van der Waals surface area contributed by atoms with Crippen molar-refractivity contribution in [2.24, 2.45) is 0 Å². The van der Waals surface area contributed by atoms with E-state index in [2.05, 4.69) is 25.9 Å². The highest BCUT2D eigenvalue weighted by Crippen LogP contribution is 2.25. The van der Waals surface area contributed by atoms with Crippen LogP contribution in [0.2, 0.25) is 0 Å². The predicted octanol–water partition coefficient (Wildman–Crippen LogP) is 3.83. The van der Waals surface area contributed by atoms with Crippen LogP contribution in [0.25, 0.3) is 22.4 Å². The first kappa shape index (κ1) is 12.8. The van der Waals surface area contributed by atoms with Gasteiger partial charge in [-0.1, -0.05) is 12.1 Å². The molecule has 4 nitrogen and oxygen atoms in total. The van der Waals surface area contributed by atoms with Crippen LogP contribution in [0.1, 0.15) is 10.4 Å². The maximum absolute atomic E-state index is 13.4. The van der Waals surface area contributed by atoms with E-state index in [0.29, 0.717) is 21.3 Å². The van der Waals surface area contributed by atoms with Gasteiger partial charge in [-0.3, -0.25) is 0 Å². The third-order valence-corrected chi connectivity index (χ3v) is 3.54. The molecule has 2 aromatic carbocycles. The van der Waals surface area contributed by atoms with Crippen LogP contribution in [0.3, 0.4) is 0 Å². The van der Waals surface area contributed by atoms with Gasteiger partial charge in [0.2, 0.25) is 0 Å². The molecule has 0 unspecified atom stereocenters. The average molecular weight is 335 g/mol. The van der Waals surface area contributed by atoms with Gasteiger partial charge in [0.1, 0.15) is 11.6 Å². The molecular weight excluding hydrogens is 327 g/mol. The van der Waals surface area contributed by atoms with Gasteiger partial charge >= 0.3 is 5.97 Å². The van der Waals surface area contributed by atoms with Crippen LogP contribution in [-0.2, 0) is 0 Å². The summed E-state index contributed by atoms with van der Waals surface area (Å²) in [4.78, 5) is 18.2. The van der Waals surface area contributed by atoms with Crippen molar-refractivity contribution in [2.45, 2.75) is 0 Å². The predicted molar refractivity (Wildman–Crippen MR) is 76.1 cm³/mol. The van der Waals surface area contributed by atoms with Crippen LogP contribution in [0.4, 0.5) is 4.39 Å². The number of nitrogens with zero attached hydrogens (tertiary/aromatic N) is 1. The molecule has 0 spiro atoms. The standard InChI is InChI=1S/C14H8BrFN2O2/c15-9-5-11-12(6-10(9)16)18-13(17-11)7-1-3-8(4-2-7)14(19)20/h1-6H,(H,17,18)(H,19,20). The van der Waals surface area contributed by atoms with Crippen LogP contribution in [0.5, 0.6) is 0 Å². The first-order valence-electron chi connectivity index (χ1n) is 5.73. The summed E-state index contributed by atoms with van der Waals surface area (Å²) in [5, 5.41) is 8.85. The molecule has 100 valence electrons. The lowest BCUT2D eigenvalue weighted by Crippen LogP contribution is -1.95. The summed E-state index contributed by atoms with van der Waals surface area (Å²) in [6, 6.07) is 9.28. The highest BCUT2D eigenvalue weighted by Gasteiger charge is 2.09. The molecule has 0 aliphatic rings. The fraction of sp³-hybridized carbons (Fsp3) is 0. The molecule has 0 aliphatic carbocycles. The van der Waals surface area contributed by atoms with Crippen molar-refractivity contribution >= 4 is 32.9 Å². The quantitative estimate of drug-likeness (QED) is 0.748. The molecule has 20 heavy (non-hydrogen) atoms. The Morgan fingerprint density at radius 3 is 2.60 bits per heavy atom. The summed E-state index contributed by atoms with van der Waals surface area (Å²) in [5.41, 5.74) is 2.17. The fourth-order valence-corrected chi connectivity index (χ4v) is 2.24. The zero-order chi connectivity index (χ0) is 14.3. The van der Waals surface area contributed by atoms with Gasteiger partial charge in [-0.2, -0.15) is 0 Å². The van der Waals surface area contributed by atoms with E-state index >= 15 is 0 Å². The van der Waals surface area contributed by atoms with Crippen molar-refractivity contribution in [3.8, 4) is 11.4 Å². The van der Waals surface area contributed by atoms with Gasteiger partial charge in [0.25, 0.3) is 0 Å². The lowest BCUT2D eigenvalue weighted by molar-refractivity contribution is 0.0697. The number of hydrogen-bond acceptors (Lipinski definition) is 2. The third kappa shape index (κ3) is 2.18. The van der Waals surface area contributed by atoms with Gasteiger partial charge in [-0.15, -0.1) is 0 Å². The summed E-state index contributed by atoms with van der Waals surface area (Å²) in [6.07, 6.45) is 0. The highest BCUT2D eigenvalue weighted by atomic mass is 79.9. The number of rotatable bonds is 2. The van der Waals surface area contributed by atoms with Gasteiger partial charge in [-0.25, -0.2) is 14.2 Å². The van der Waals surface area contributed by atoms with Gasteiger partial charge in [0.05, 0.1) is 21.1 Å². The molecule has 0 bridgehead atoms. The van der Waals surface area contributed by atoms with Gasteiger partial charge < -0.3 is 10.1 Å². The number of carboxylic acids is 1. The second-order valence-electron chi connectivity index (χ2n) is 4.25. The van der Waals surface area contributed by atoms with Crippen molar-refractivity contribution in [3.63, 3.8) is 0 Å². The summed E-state index contributed by atoms with van der Waals surface area (Å²) in [7, 11) is 0. The van der Waals surface area contributed by atoms with E-state index in [9.17, 15) is 9.18 Å². The number of benzene rings is 2. The Hall–Kier alpha value is -2.21. The number of carboxylic acid groups (broad SMARTS) is 1. The molecule has 3 aromatic rings. The van der Waals surface area contributed by atoms with E-state index in [1.54, 1.807) is 18.2 Å². The Labute approximate surface area is 121 Å². The van der Waals surface area contributed by atoms with Crippen molar-refractivity contribution < 1.29 is 14.3 Å². The topological polar surface area (TPSA) is 66.0 Å². The Morgan fingerprint density at radius 1 is 1.25 bits per heavy atom. The maximum Gasteiger partial charge on any atom is 0.335 e. The summed E-state index contributed by atoms with van der Waals surface area (Å²) >= 11 is 3.11. The number of halogens is 2. The number of hydrogen-bond donors (Lipinski definition) is 2. The summed E-state index contributed by atoms with van der Waals surface area (Å²) < 4.78 is 13.8. The Kier molecular flexibility index (Phi) is 3.02. The number of aromatic nitrogens is 2. The fourth-order valence-electron chi connectivity index (χ4n) is 1.91. The monoisotopic (exact) mass is 334 g/mol. The summed E-state index contributed by atoms with van der Waals surface area (Å²) in [6.45, 7) is 0. The van der Waals surface area contributed by atoms with Crippen molar-refractivity contribution in [3.05, 3.63) is 52.3 Å². The second kappa shape index (κ2) is 4.72. The van der Waals surface area contributed by atoms with E-state index in [4.69, 9.17) is 5.11 Å². The molecule has 0 atom stereocenters. The largest absolute Gasteiger partial charge is 0.478 e. The molecule has 0 saturated heterocycles. The normalized spacial score (nSPS) is 10.9. The molecule has 0 fully saturated rings. The minimum absolute atomic E-state index is 0.207. The second-order valence-corrected chi connectivity index (χ2v) is 5.11. The first-order valence-corrected chi connectivity index (χ1v) is 6.52. The molecule has 3 rings (SSSR count). The SMILES string of the molecule is O=C(O)c1ccc(-c2nc3cc(Br)c(F)cc3[nH]2)cc1. The molecule has 6 heteroatoms. The van der Waals surface area contributed by atoms with E-state index < -0.39 is 5.97 Å². The number of nitrogens with one attached hydrogen (secondary N) is 1. The van der Waals surface area contributed by atoms with Crippen LogP contribution < -0.4 is 0 Å². The van der Waals surface area contributed by atoms with Gasteiger partial charge in [0, 0.05) is 11.6 Å². The van der Waals surface area contributed by atoms with E-state index in [1.807, 2.05) is 0 Å². The molecule has 0 amide bonds. The van der Waals surface area contributed by atoms with Gasteiger partial charge in [-0.05, 0) is 34.1 Å². The number of aromatic carboxylic acids is 1. The number of carbonyl (C=O) groups is 1. The maximum atomic E-state index is 13.4. The number of fused-ring (bicyclic) bond motifs is 1. The molecule has 0 aliphatic heterocycles. The zero-order valence-electron chi connectivity index (χ0n) is 10.0. The summed E-state index contributed by atoms with van der Waals surface area (Å²) in [5.74, 6) is -0.782. The van der Waals surface area contributed by atoms with Crippen LogP contribution >= 0.6 is 15.9 Å². The Bertz CT molecular complexity index is 773. The number of H-pyrrole nitrogens is 1. The zero-order valence-corrected chi connectivity index (χ0v) is 11.6. The lowest BCUT2D eigenvalue weighted by atomic mass is 10.1. The number of imidazole rings is 1. The average Bonchev–Trinajstić information content (AvgIpc) is 2.82. The highest BCUT2D eigenvalue weighted by molar-refractivity contribution is 9.10. The Morgan fingerprint density at radius 2 is 1.95 bits per heavy atom. The van der Waals surface area contributed by atoms with Crippen LogP contribution in [0, 0.1) is 5.82 Å². The molecule has 0 radical (unpaired) electrons. The van der Waals surface area contributed by atoms with Crippen LogP contribution in [-0.4, -0.2) is 21.0 Å². The number of aromatic amines is 1. The van der Waals surface area contributed by atoms with E-state index in [1.165, 1.54) is 18.2 Å². The molecule has 1 heterocycles. The van der Waals surface area contributed by atoms with Gasteiger partial charge in [0.15, 0.2) is 0 Å². The molecule has 0 saturated carbocycles. The van der Waals surface area contributed by atoms with Crippen LogP contribution in [0.15, 0.2) is 40.9 Å². The van der Waals surface area contributed by atoms with Crippen molar-refractivity contribution in [1.29, 1.82) is 0 Å². The Balaban J connectivity index is 2.07. The smallest absolute Gasteiger partial charge is 0.335 e. The third-order valence-electron chi connectivity index (χ3n) is 2.93. The van der Waals surface area contributed by atoms with E-state index in [0.717, 1.165) is 5.56 Å². The van der Waals surface area contributed by atoms with E-state index in [-0.39, 0.29) is 11.4 Å². The molecular formula is C14H8BrFN2O2.